The van der Waals surface area contributed by atoms with E-state index in [0.29, 0.717) is 25.3 Å². The van der Waals surface area contributed by atoms with Gasteiger partial charge in [0.2, 0.25) is 11.8 Å². The Hall–Kier alpha value is -1.94. The fourth-order valence-corrected chi connectivity index (χ4v) is 5.38. The third-order valence-electron chi connectivity index (χ3n) is 4.27. The molecule has 0 unspecified atom stereocenters. The van der Waals surface area contributed by atoms with E-state index in [2.05, 4.69) is 15.5 Å². The van der Waals surface area contributed by atoms with Crippen LogP contribution in [0.2, 0.25) is 0 Å². The minimum absolute atomic E-state index is 0.00438. The van der Waals surface area contributed by atoms with E-state index in [4.69, 9.17) is 4.42 Å². The molecule has 146 valence electrons. The Kier molecular flexibility index (Phi) is 6.15. The Labute approximate surface area is 161 Å². The molecular formula is C17H20FN3O4S2. The number of nitrogens with one attached hydrogen (secondary N) is 1. The van der Waals surface area contributed by atoms with Crippen molar-refractivity contribution < 1.29 is 22.0 Å². The highest BCUT2D eigenvalue weighted by Crippen LogP contribution is 2.25. The van der Waals surface area contributed by atoms with Crippen LogP contribution in [0.4, 0.5) is 4.39 Å². The van der Waals surface area contributed by atoms with Gasteiger partial charge in [-0.25, -0.2) is 12.8 Å². The van der Waals surface area contributed by atoms with Gasteiger partial charge in [0.25, 0.3) is 5.22 Å². The average molecular weight is 413 g/mol. The van der Waals surface area contributed by atoms with Crippen molar-refractivity contribution in [3.8, 4) is 0 Å². The molecule has 1 fully saturated rings. The maximum Gasteiger partial charge on any atom is 0.277 e. The smallest absolute Gasteiger partial charge is 0.277 e. The number of nitrogens with zero attached hydrogens (tertiary/aromatic N) is 2. The van der Waals surface area contributed by atoms with Crippen molar-refractivity contribution in [2.24, 2.45) is 5.92 Å². The molecule has 10 heteroatoms. The Bertz CT molecular complexity index is 899. The quantitative estimate of drug-likeness (QED) is 0.693. The van der Waals surface area contributed by atoms with E-state index in [1.165, 1.54) is 12.1 Å². The van der Waals surface area contributed by atoms with Crippen LogP contribution in [-0.4, -0.2) is 41.3 Å². The molecule has 0 saturated carbocycles. The predicted molar refractivity (Wildman–Crippen MR) is 98.3 cm³/mol. The Morgan fingerprint density at radius 3 is 2.78 bits per heavy atom. The molecule has 27 heavy (non-hydrogen) atoms. The van der Waals surface area contributed by atoms with E-state index < -0.39 is 15.1 Å². The molecule has 2 aromatic rings. The number of thioether (sulfide) groups is 1. The Morgan fingerprint density at radius 1 is 1.37 bits per heavy atom. The van der Waals surface area contributed by atoms with Gasteiger partial charge in [0, 0.05) is 13.0 Å². The van der Waals surface area contributed by atoms with Crippen molar-refractivity contribution in [1.29, 1.82) is 0 Å². The lowest BCUT2D eigenvalue weighted by atomic mass is 10.1. The van der Waals surface area contributed by atoms with Crippen LogP contribution in [0.3, 0.4) is 0 Å². The molecule has 0 spiro atoms. The molecule has 2 heterocycles. The maximum absolute atomic E-state index is 12.9. The summed E-state index contributed by atoms with van der Waals surface area (Å²) < 4.78 is 41.4. The van der Waals surface area contributed by atoms with Crippen molar-refractivity contribution >= 4 is 27.5 Å². The van der Waals surface area contributed by atoms with Crippen molar-refractivity contribution in [3.63, 3.8) is 0 Å². The van der Waals surface area contributed by atoms with Gasteiger partial charge in [-0.1, -0.05) is 23.9 Å². The summed E-state index contributed by atoms with van der Waals surface area (Å²) in [5.41, 5.74) is 0.800. The van der Waals surface area contributed by atoms with E-state index in [9.17, 15) is 17.6 Å². The van der Waals surface area contributed by atoms with Crippen LogP contribution in [0, 0.1) is 11.7 Å². The lowest BCUT2D eigenvalue weighted by molar-refractivity contribution is -0.120. The fourth-order valence-electron chi connectivity index (χ4n) is 2.79. The molecule has 1 saturated heterocycles. The predicted octanol–water partition coefficient (Wildman–Crippen LogP) is 1.98. The fraction of sp³-hybridized carbons (Fsp3) is 0.471. The maximum atomic E-state index is 12.9. The molecule has 1 aliphatic heterocycles. The average Bonchev–Trinajstić information content (AvgIpc) is 3.20. The van der Waals surface area contributed by atoms with Gasteiger partial charge in [0.1, 0.15) is 5.82 Å². The van der Waals surface area contributed by atoms with Crippen LogP contribution < -0.4 is 5.32 Å². The summed E-state index contributed by atoms with van der Waals surface area (Å²) in [6.45, 7) is 2.02. The number of hydrogen-bond acceptors (Lipinski definition) is 7. The number of aromatic nitrogens is 2. The zero-order valence-corrected chi connectivity index (χ0v) is 16.4. The van der Waals surface area contributed by atoms with E-state index in [1.807, 2.05) is 0 Å². The zero-order valence-electron chi connectivity index (χ0n) is 14.7. The summed E-state index contributed by atoms with van der Waals surface area (Å²) in [7, 11) is -2.94. The van der Waals surface area contributed by atoms with Gasteiger partial charge in [0.15, 0.2) is 9.84 Å². The van der Waals surface area contributed by atoms with Gasteiger partial charge >= 0.3 is 0 Å². The normalized spacial score (nSPS) is 19.7. The lowest BCUT2D eigenvalue weighted by Gasteiger charge is -2.10. The zero-order chi connectivity index (χ0) is 19.4. The molecule has 1 aromatic carbocycles. The van der Waals surface area contributed by atoms with Crippen LogP contribution in [0.15, 0.2) is 33.9 Å². The molecule has 1 amide bonds. The molecule has 0 radical (unpaired) electrons. The topological polar surface area (TPSA) is 102 Å². The van der Waals surface area contributed by atoms with Crippen LogP contribution in [-0.2, 0) is 27.6 Å². The summed E-state index contributed by atoms with van der Waals surface area (Å²) in [4.78, 5) is 12.2. The number of rotatable bonds is 7. The van der Waals surface area contributed by atoms with Gasteiger partial charge in [-0.15, -0.1) is 10.2 Å². The van der Waals surface area contributed by atoms with Crippen LogP contribution >= 0.6 is 11.8 Å². The van der Waals surface area contributed by atoms with Gasteiger partial charge in [-0.3, -0.25) is 4.79 Å². The summed E-state index contributed by atoms with van der Waals surface area (Å²) in [5.74, 6) is 0.226. The van der Waals surface area contributed by atoms with Gasteiger partial charge < -0.3 is 9.73 Å². The van der Waals surface area contributed by atoms with E-state index in [-0.39, 0.29) is 34.4 Å². The minimum Gasteiger partial charge on any atom is -0.416 e. The summed E-state index contributed by atoms with van der Waals surface area (Å²) >= 11 is 1.14. The second-order valence-corrected chi connectivity index (χ2v) is 10.1. The number of hydrogen-bond donors (Lipinski definition) is 1. The van der Waals surface area contributed by atoms with Crippen molar-refractivity contribution in [1.82, 2.24) is 15.5 Å². The standard InChI is InChI=1S/C17H20FN3O4S2/c1-11(16(22)19-9-12-2-4-14(18)5-3-12)26-17-21-20-15(25-17)8-13-6-7-27(23,24)10-13/h2-5,11,13H,6-10H2,1H3,(H,19,22)/t11-,13-/m0/s1. The molecule has 2 atom stereocenters. The lowest BCUT2D eigenvalue weighted by Crippen LogP contribution is -2.30. The number of carbonyl (C=O) groups is 1. The molecule has 7 nitrogen and oxygen atoms in total. The highest BCUT2D eigenvalue weighted by atomic mass is 32.2. The van der Waals surface area contributed by atoms with E-state index in [1.54, 1.807) is 19.1 Å². The number of carbonyl (C=O) groups excluding carboxylic acids is 1. The minimum atomic E-state index is -2.94. The van der Waals surface area contributed by atoms with Gasteiger partial charge in [0.05, 0.1) is 16.8 Å². The number of sulfone groups is 1. The van der Waals surface area contributed by atoms with Gasteiger partial charge in [-0.2, -0.15) is 0 Å². The first-order chi connectivity index (χ1) is 12.8. The molecule has 0 aliphatic carbocycles. The first-order valence-corrected chi connectivity index (χ1v) is 11.2. The first kappa shape index (κ1) is 19.8. The highest BCUT2D eigenvalue weighted by Gasteiger charge is 2.29. The molecule has 1 N–H and O–H groups in total. The van der Waals surface area contributed by atoms with E-state index >= 15 is 0 Å². The van der Waals surface area contributed by atoms with Crippen LogP contribution in [0.1, 0.15) is 24.8 Å². The number of benzene rings is 1. The van der Waals surface area contributed by atoms with Crippen LogP contribution in [0.25, 0.3) is 0 Å². The monoisotopic (exact) mass is 413 g/mol. The van der Waals surface area contributed by atoms with Gasteiger partial charge in [-0.05, 0) is 37.0 Å². The summed E-state index contributed by atoms with van der Waals surface area (Å²) in [5, 5.41) is 10.5. The third kappa shape index (κ3) is 5.77. The molecule has 0 bridgehead atoms. The second kappa shape index (κ2) is 8.39. The summed E-state index contributed by atoms with van der Waals surface area (Å²) in [6.07, 6.45) is 1.04. The molecular weight excluding hydrogens is 393 g/mol. The van der Waals surface area contributed by atoms with E-state index in [0.717, 1.165) is 17.3 Å². The Balaban J connectivity index is 1.47. The molecule has 3 rings (SSSR count). The largest absolute Gasteiger partial charge is 0.416 e. The number of amides is 1. The second-order valence-electron chi connectivity index (χ2n) is 6.54. The SMILES string of the molecule is C[C@H](Sc1nnc(C[C@@H]2CCS(=O)(=O)C2)o1)C(=O)NCc1ccc(F)cc1. The Morgan fingerprint density at radius 2 is 2.11 bits per heavy atom. The highest BCUT2D eigenvalue weighted by molar-refractivity contribution is 8.00. The number of halogens is 1. The first-order valence-electron chi connectivity index (χ1n) is 8.52. The van der Waals surface area contributed by atoms with Crippen molar-refractivity contribution in [3.05, 3.63) is 41.5 Å². The molecule has 1 aliphatic rings. The third-order valence-corrected chi connectivity index (χ3v) is 7.04. The summed E-state index contributed by atoms with van der Waals surface area (Å²) in [6, 6.07) is 5.91. The van der Waals surface area contributed by atoms with Crippen LogP contribution in [0.5, 0.6) is 0 Å². The van der Waals surface area contributed by atoms with Crippen molar-refractivity contribution in [2.75, 3.05) is 11.5 Å². The molecule has 1 aromatic heterocycles. The van der Waals surface area contributed by atoms with Crippen molar-refractivity contribution in [2.45, 2.75) is 36.8 Å².